The van der Waals surface area contributed by atoms with Crippen LogP contribution in [-0.2, 0) is 11.3 Å². The summed E-state index contributed by atoms with van der Waals surface area (Å²) in [6.07, 6.45) is 4.18. The molecule has 0 saturated heterocycles. The Morgan fingerprint density at radius 2 is 2.04 bits per heavy atom. The summed E-state index contributed by atoms with van der Waals surface area (Å²) in [6, 6.07) is 8.16. The highest BCUT2D eigenvalue weighted by molar-refractivity contribution is 5.79. The number of aliphatic imine (C=N–C) groups is 1. The fourth-order valence-electron chi connectivity index (χ4n) is 2.31. The molecule has 0 aliphatic carbocycles. The Hall–Kier alpha value is -2.41. The van der Waals surface area contributed by atoms with Gasteiger partial charge in [-0.05, 0) is 37.0 Å². The molecule has 1 aromatic heterocycles. The smallest absolute Gasteiger partial charge is 0.191 e. The fourth-order valence-corrected chi connectivity index (χ4v) is 2.31. The van der Waals surface area contributed by atoms with E-state index in [4.69, 9.17) is 4.74 Å². The summed E-state index contributed by atoms with van der Waals surface area (Å²) in [6.45, 7) is 10.3. The van der Waals surface area contributed by atoms with E-state index in [1.807, 2.05) is 12.1 Å². The molecule has 2 rings (SSSR count). The van der Waals surface area contributed by atoms with Gasteiger partial charge in [-0.1, -0.05) is 26.0 Å². The predicted octanol–water partition coefficient (Wildman–Crippen LogP) is 2.39. The third-order valence-electron chi connectivity index (χ3n) is 3.59. The zero-order chi connectivity index (χ0) is 18.6. The minimum absolute atomic E-state index is 0.581. The topological polar surface area (TPSA) is 76.4 Å². The lowest BCUT2D eigenvalue weighted by Crippen LogP contribution is -2.38. The molecule has 7 nitrogen and oxygen atoms in total. The summed E-state index contributed by atoms with van der Waals surface area (Å²) in [4.78, 5) is 8.60. The Morgan fingerprint density at radius 3 is 2.69 bits per heavy atom. The van der Waals surface area contributed by atoms with Gasteiger partial charge in [-0.3, -0.25) is 0 Å². The zero-order valence-corrected chi connectivity index (χ0v) is 16.0. The molecule has 0 fully saturated rings. The summed E-state index contributed by atoms with van der Waals surface area (Å²) in [5.74, 6) is 1.41. The monoisotopic (exact) mass is 358 g/mol. The first-order chi connectivity index (χ1) is 12.7. The van der Waals surface area contributed by atoms with Crippen molar-refractivity contribution in [2.24, 2.45) is 10.9 Å². The third kappa shape index (κ3) is 7.23. The fraction of sp³-hybridized carbons (Fsp3) is 0.526. The van der Waals surface area contributed by atoms with Gasteiger partial charge in [0.1, 0.15) is 12.7 Å². The van der Waals surface area contributed by atoms with E-state index >= 15 is 0 Å². The number of hydrogen-bond donors (Lipinski definition) is 2. The number of ether oxygens (including phenoxy) is 1. The molecule has 0 atom stereocenters. The first-order valence-corrected chi connectivity index (χ1v) is 9.23. The van der Waals surface area contributed by atoms with E-state index in [1.54, 1.807) is 11.0 Å². The van der Waals surface area contributed by atoms with Gasteiger partial charge < -0.3 is 15.4 Å². The Labute approximate surface area is 155 Å². The van der Waals surface area contributed by atoms with Crippen LogP contribution in [0.3, 0.4) is 0 Å². The second kappa shape index (κ2) is 11.3. The van der Waals surface area contributed by atoms with Crippen LogP contribution in [-0.4, -0.2) is 47.0 Å². The molecule has 7 heteroatoms. The van der Waals surface area contributed by atoms with Gasteiger partial charge in [0.15, 0.2) is 5.96 Å². The lowest BCUT2D eigenvalue weighted by atomic mass is 10.2. The first-order valence-electron chi connectivity index (χ1n) is 9.23. The number of rotatable bonds is 10. The van der Waals surface area contributed by atoms with Gasteiger partial charge in [0.25, 0.3) is 0 Å². The maximum atomic E-state index is 5.60. The van der Waals surface area contributed by atoms with Crippen LogP contribution in [0.5, 0.6) is 0 Å². The van der Waals surface area contributed by atoms with E-state index in [9.17, 15) is 0 Å². The number of guanidine groups is 1. The zero-order valence-electron chi connectivity index (χ0n) is 16.0. The number of hydrogen-bond acceptors (Lipinski definition) is 4. The van der Waals surface area contributed by atoms with Crippen molar-refractivity contribution < 1.29 is 4.74 Å². The van der Waals surface area contributed by atoms with Crippen LogP contribution in [0.15, 0.2) is 41.9 Å². The van der Waals surface area contributed by atoms with Crippen LogP contribution in [0.2, 0.25) is 0 Å². The van der Waals surface area contributed by atoms with Gasteiger partial charge in [0, 0.05) is 26.3 Å². The minimum atomic E-state index is 0.581. The van der Waals surface area contributed by atoms with E-state index in [0.29, 0.717) is 12.5 Å². The second-order valence-corrected chi connectivity index (χ2v) is 6.45. The molecule has 26 heavy (non-hydrogen) atoms. The quantitative estimate of drug-likeness (QED) is 0.387. The molecule has 2 N–H and O–H groups in total. The second-order valence-electron chi connectivity index (χ2n) is 6.45. The molecule has 1 aromatic carbocycles. The maximum Gasteiger partial charge on any atom is 0.191 e. The molecular weight excluding hydrogens is 328 g/mol. The van der Waals surface area contributed by atoms with Gasteiger partial charge in [-0.25, -0.2) is 14.7 Å². The van der Waals surface area contributed by atoms with Crippen molar-refractivity contribution in [1.29, 1.82) is 0 Å². The summed E-state index contributed by atoms with van der Waals surface area (Å²) < 4.78 is 7.33. The van der Waals surface area contributed by atoms with Crippen LogP contribution in [0.1, 0.15) is 32.8 Å². The molecule has 0 bridgehead atoms. The first kappa shape index (κ1) is 19.9. The van der Waals surface area contributed by atoms with Crippen LogP contribution < -0.4 is 10.6 Å². The van der Waals surface area contributed by atoms with Crippen molar-refractivity contribution in [2.45, 2.75) is 33.7 Å². The summed E-state index contributed by atoms with van der Waals surface area (Å²) in [5.41, 5.74) is 2.13. The molecule has 0 spiro atoms. The highest BCUT2D eigenvalue weighted by Crippen LogP contribution is 2.08. The standard InChI is InChI=1S/C19H30N6O/c1-4-21-19(22-10-5-11-26-13-16(2)3)23-12-17-6-8-18(9-7-17)25-15-20-14-24-25/h6-9,14-16H,4-5,10-13H2,1-3H3,(H2,21,22,23). The maximum absolute atomic E-state index is 5.60. The Kier molecular flexibility index (Phi) is 8.62. The van der Waals surface area contributed by atoms with Crippen molar-refractivity contribution in [2.75, 3.05) is 26.3 Å². The van der Waals surface area contributed by atoms with Crippen LogP contribution >= 0.6 is 0 Å². The highest BCUT2D eigenvalue weighted by atomic mass is 16.5. The minimum Gasteiger partial charge on any atom is -0.381 e. The lowest BCUT2D eigenvalue weighted by Gasteiger charge is -2.12. The highest BCUT2D eigenvalue weighted by Gasteiger charge is 2.00. The number of nitrogens with one attached hydrogen (secondary N) is 2. The summed E-state index contributed by atoms with van der Waals surface area (Å²) in [7, 11) is 0. The molecule has 0 aliphatic rings. The van der Waals surface area contributed by atoms with Crippen LogP contribution in [0, 0.1) is 5.92 Å². The van der Waals surface area contributed by atoms with Gasteiger partial charge in [-0.15, -0.1) is 0 Å². The number of nitrogens with zero attached hydrogens (tertiary/aromatic N) is 4. The normalized spacial score (nSPS) is 11.8. The van der Waals surface area contributed by atoms with Crippen molar-refractivity contribution in [3.05, 3.63) is 42.5 Å². The molecule has 0 aliphatic heterocycles. The largest absolute Gasteiger partial charge is 0.381 e. The summed E-state index contributed by atoms with van der Waals surface area (Å²) >= 11 is 0. The van der Waals surface area contributed by atoms with Gasteiger partial charge in [0.2, 0.25) is 0 Å². The Morgan fingerprint density at radius 1 is 1.23 bits per heavy atom. The van der Waals surface area contributed by atoms with Crippen LogP contribution in [0.4, 0.5) is 0 Å². The van der Waals surface area contributed by atoms with Crippen molar-refractivity contribution >= 4 is 5.96 Å². The number of benzene rings is 1. The molecule has 2 aromatic rings. The third-order valence-corrected chi connectivity index (χ3v) is 3.59. The Bertz CT molecular complexity index is 637. The van der Waals surface area contributed by atoms with Gasteiger partial charge in [0.05, 0.1) is 12.2 Å². The molecule has 1 heterocycles. The van der Waals surface area contributed by atoms with E-state index in [2.05, 4.69) is 58.6 Å². The molecule has 0 radical (unpaired) electrons. The average molecular weight is 358 g/mol. The number of aromatic nitrogens is 3. The molecule has 0 unspecified atom stereocenters. The molecule has 0 saturated carbocycles. The van der Waals surface area contributed by atoms with Crippen molar-refractivity contribution in [1.82, 2.24) is 25.4 Å². The van der Waals surface area contributed by atoms with Crippen molar-refractivity contribution in [3.8, 4) is 5.69 Å². The molecular formula is C19H30N6O. The average Bonchev–Trinajstić information content (AvgIpc) is 3.17. The molecule has 0 amide bonds. The van der Waals surface area contributed by atoms with Crippen LogP contribution in [0.25, 0.3) is 5.69 Å². The van der Waals surface area contributed by atoms with E-state index in [-0.39, 0.29) is 0 Å². The predicted molar refractivity (Wildman–Crippen MR) is 104 cm³/mol. The van der Waals surface area contributed by atoms with Gasteiger partial charge >= 0.3 is 0 Å². The van der Waals surface area contributed by atoms with Crippen molar-refractivity contribution in [3.63, 3.8) is 0 Å². The Balaban J connectivity index is 1.78. The van der Waals surface area contributed by atoms with E-state index < -0.39 is 0 Å². The molecule has 142 valence electrons. The van der Waals surface area contributed by atoms with E-state index in [1.165, 1.54) is 6.33 Å². The lowest BCUT2D eigenvalue weighted by molar-refractivity contribution is 0.108. The van der Waals surface area contributed by atoms with Gasteiger partial charge in [-0.2, -0.15) is 5.10 Å². The summed E-state index contributed by atoms with van der Waals surface area (Å²) in [5, 5.41) is 10.7. The SMILES string of the molecule is CCNC(=NCc1ccc(-n2cncn2)cc1)NCCCOCC(C)C. The van der Waals surface area contributed by atoms with E-state index in [0.717, 1.165) is 49.9 Å².